The smallest absolute Gasteiger partial charge is 0.611 e. The summed E-state index contributed by atoms with van der Waals surface area (Å²) < 4.78 is 26.3. The number of hydrogen-bond acceptors (Lipinski definition) is 4. The van der Waals surface area contributed by atoms with Gasteiger partial charge in [-0.05, 0) is 74.2 Å². The summed E-state index contributed by atoms with van der Waals surface area (Å²) in [5, 5.41) is 0. The van der Waals surface area contributed by atoms with Gasteiger partial charge in [0.25, 0.3) is 0 Å². The summed E-state index contributed by atoms with van der Waals surface area (Å²) >= 11 is 0. The van der Waals surface area contributed by atoms with Crippen LogP contribution in [0.4, 0.5) is 0 Å². The molecule has 0 saturated heterocycles. The zero-order valence-electron chi connectivity index (χ0n) is 28.7. The maximum Gasteiger partial charge on any atom is 0.777 e. The van der Waals surface area contributed by atoms with Crippen LogP contribution >= 0.6 is 0 Å². The lowest BCUT2D eigenvalue weighted by Gasteiger charge is -2.41. The van der Waals surface area contributed by atoms with E-state index < -0.39 is 6.96 Å². The minimum atomic E-state index is -2.73. The van der Waals surface area contributed by atoms with E-state index in [9.17, 15) is 0 Å². The van der Waals surface area contributed by atoms with Gasteiger partial charge in [-0.25, -0.2) is 0 Å². The molecule has 4 aromatic carbocycles. The molecule has 0 saturated carbocycles. The second kappa shape index (κ2) is 21.0. The molecule has 0 unspecified atom stereocenters. The SMILES string of the molecule is CCCC[N+](CCCC)(CCCC)CCCC.c1ccc(O[B-](Oc2ccccc2)(Oc2ccccc2)Oc2ccccc2)cc1. The van der Waals surface area contributed by atoms with Crippen LogP contribution in [0.25, 0.3) is 0 Å². The van der Waals surface area contributed by atoms with Gasteiger partial charge in [0.2, 0.25) is 0 Å². The summed E-state index contributed by atoms with van der Waals surface area (Å²) in [6.07, 6.45) is 11.1. The molecule has 6 heteroatoms. The molecule has 0 amide bonds. The van der Waals surface area contributed by atoms with Crippen molar-refractivity contribution in [1.82, 2.24) is 0 Å². The van der Waals surface area contributed by atoms with Crippen molar-refractivity contribution in [1.29, 1.82) is 0 Å². The van der Waals surface area contributed by atoms with E-state index in [0.717, 1.165) is 0 Å². The molecule has 4 aromatic rings. The molecular formula is C40H56BNO4. The average Bonchev–Trinajstić information content (AvgIpc) is 3.09. The predicted octanol–water partition coefficient (Wildman–Crippen LogP) is 10.7. The highest BCUT2D eigenvalue weighted by molar-refractivity contribution is 6.57. The second-order valence-electron chi connectivity index (χ2n) is 12.0. The minimum absolute atomic E-state index is 0.565. The molecule has 0 spiro atoms. The number of unbranched alkanes of at least 4 members (excludes halogenated alkanes) is 4. The molecule has 248 valence electrons. The van der Waals surface area contributed by atoms with E-state index in [2.05, 4.69) is 27.7 Å². The summed E-state index contributed by atoms with van der Waals surface area (Å²) in [5.74, 6) is 2.26. The van der Waals surface area contributed by atoms with Crippen molar-refractivity contribution in [3.8, 4) is 23.0 Å². The molecule has 0 aliphatic heterocycles. The van der Waals surface area contributed by atoms with Crippen LogP contribution < -0.4 is 18.6 Å². The molecule has 5 nitrogen and oxygen atoms in total. The van der Waals surface area contributed by atoms with Crippen LogP contribution in [-0.2, 0) is 0 Å². The van der Waals surface area contributed by atoms with Crippen molar-refractivity contribution >= 4 is 6.96 Å². The third-order valence-electron chi connectivity index (χ3n) is 8.04. The van der Waals surface area contributed by atoms with Crippen LogP contribution in [0.2, 0.25) is 0 Å². The normalized spacial score (nSPS) is 11.2. The monoisotopic (exact) mass is 625 g/mol. The van der Waals surface area contributed by atoms with Gasteiger partial charge in [-0.1, -0.05) is 126 Å². The lowest BCUT2D eigenvalue weighted by Crippen LogP contribution is -2.60. The van der Waals surface area contributed by atoms with Crippen molar-refractivity contribution < 1.29 is 23.1 Å². The van der Waals surface area contributed by atoms with E-state index in [1.807, 2.05) is 121 Å². The van der Waals surface area contributed by atoms with E-state index in [1.54, 1.807) is 0 Å². The average molecular weight is 626 g/mol. The molecule has 0 radical (unpaired) electrons. The molecule has 0 aliphatic carbocycles. The first-order chi connectivity index (χ1) is 22.6. The Morgan fingerprint density at radius 1 is 0.370 bits per heavy atom. The Morgan fingerprint density at radius 3 is 0.783 bits per heavy atom. The molecular weight excluding hydrogens is 569 g/mol. The molecule has 0 N–H and O–H groups in total. The Bertz CT molecular complexity index is 1080. The second-order valence-corrected chi connectivity index (χ2v) is 12.0. The first-order valence-corrected chi connectivity index (χ1v) is 17.5. The fourth-order valence-corrected chi connectivity index (χ4v) is 5.45. The number of quaternary nitrogens is 1. The van der Waals surface area contributed by atoms with Crippen LogP contribution in [-0.4, -0.2) is 37.6 Å². The largest absolute Gasteiger partial charge is 0.777 e. The molecule has 0 aromatic heterocycles. The van der Waals surface area contributed by atoms with Crippen molar-refractivity contribution in [3.63, 3.8) is 0 Å². The van der Waals surface area contributed by atoms with Gasteiger partial charge in [-0.2, -0.15) is 0 Å². The van der Waals surface area contributed by atoms with Gasteiger partial charge in [0.15, 0.2) is 0 Å². The van der Waals surface area contributed by atoms with E-state index in [-0.39, 0.29) is 0 Å². The van der Waals surface area contributed by atoms with Crippen LogP contribution in [0.1, 0.15) is 79.1 Å². The van der Waals surface area contributed by atoms with Crippen molar-refractivity contribution in [2.45, 2.75) is 79.1 Å². The molecule has 0 heterocycles. The van der Waals surface area contributed by atoms with E-state index in [1.165, 1.54) is 82.0 Å². The number of rotatable bonds is 20. The Balaban J connectivity index is 0.000000292. The van der Waals surface area contributed by atoms with Crippen molar-refractivity contribution in [3.05, 3.63) is 121 Å². The number of hydrogen-bond donors (Lipinski definition) is 0. The van der Waals surface area contributed by atoms with Crippen LogP contribution in [0.5, 0.6) is 23.0 Å². The van der Waals surface area contributed by atoms with Gasteiger partial charge >= 0.3 is 6.96 Å². The van der Waals surface area contributed by atoms with Gasteiger partial charge in [0.05, 0.1) is 49.2 Å². The van der Waals surface area contributed by atoms with E-state index >= 15 is 0 Å². The highest BCUT2D eigenvalue weighted by Gasteiger charge is 2.43. The van der Waals surface area contributed by atoms with Gasteiger partial charge in [-0.15, -0.1) is 0 Å². The maximum absolute atomic E-state index is 6.21. The topological polar surface area (TPSA) is 36.9 Å². The molecule has 0 fully saturated rings. The summed E-state index contributed by atoms with van der Waals surface area (Å²) in [5.41, 5.74) is 0. The van der Waals surface area contributed by atoms with Crippen molar-refractivity contribution in [2.75, 3.05) is 26.2 Å². The summed E-state index contributed by atoms with van der Waals surface area (Å²) in [4.78, 5) is 0. The van der Waals surface area contributed by atoms with E-state index in [0.29, 0.717) is 23.0 Å². The Morgan fingerprint density at radius 2 is 0.587 bits per heavy atom. The third-order valence-corrected chi connectivity index (χ3v) is 8.04. The van der Waals surface area contributed by atoms with Crippen LogP contribution in [0, 0.1) is 0 Å². The summed E-state index contributed by atoms with van der Waals surface area (Å²) in [6, 6.07) is 37.3. The number of benzene rings is 4. The van der Waals surface area contributed by atoms with Gasteiger partial charge < -0.3 is 23.1 Å². The Hall–Kier alpha value is -3.90. The molecule has 0 bridgehead atoms. The molecule has 0 atom stereocenters. The maximum atomic E-state index is 6.21. The lowest BCUT2D eigenvalue weighted by molar-refractivity contribution is -0.929. The molecule has 0 aliphatic rings. The minimum Gasteiger partial charge on any atom is -0.611 e. The van der Waals surface area contributed by atoms with E-state index in [4.69, 9.17) is 18.6 Å². The van der Waals surface area contributed by atoms with Gasteiger partial charge in [-0.3, -0.25) is 0 Å². The zero-order valence-corrected chi connectivity index (χ0v) is 28.7. The molecule has 46 heavy (non-hydrogen) atoms. The quantitative estimate of drug-likeness (QED) is 0.0723. The number of para-hydroxylation sites is 4. The standard InChI is InChI=1S/C24H20BO4.C16H36N/c1-5-13-21(14-6-1)26-25(27-22-15-7-2-8-16-22,28-23-17-9-3-10-18-23)29-24-19-11-4-12-20-24;1-5-9-13-17(14-10-6-2,15-11-7-3)16-12-8-4/h1-20H;5-16H2,1-4H3/q-1;+1. The fourth-order valence-electron chi connectivity index (χ4n) is 5.45. The Kier molecular flexibility index (Phi) is 16.7. The highest BCUT2D eigenvalue weighted by Crippen LogP contribution is 2.26. The van der Waals surface area contributed by atoms with Crippen LogP contribution in [0.3, 0.4) is 0 Å². The lowest BCUT2D eigenvalue weighted by atomic mass is 10.0. The Labute approximate surface area is 279 Å². The van der Waals surface area contributed by atoms with Crippen molar-refractivity contribution in [2.24, 2.45) is 0 Å². The molecule has 4 rings (SSSR count). The van der Waals surface area contributed by atoms with Gasteiger partial charge in [0, 0.05) is 0 Å². The summed E-state index contributed by atoms with van der Waals surface area (Å²) in [6.45, 7) is 12.3. The first kappa shape index (κ1) is 36.6. The highest BCUT2D eigenvalue weighted by atomic mass is 16.9. The van der Waals surface area contributed by atoms with Crippen LogP contribution in [0.15, 0.2) is 121 Å². The fraction of sp³-hybridized carbons (Fsp3) is 0.400. The predicted molar refractivity (Wildman–Crippen MR) is 193 cm³/mol. The van der Waals surface area contributed by atoms with Gasteiger partial charge in [0.1, 0.15) is 0 Å². The zero-order chi connectivity index (χ0) is 32.8. The first-order valence-electron chi connectivity index (χ1n) is 17.5. The summed E-state index contributed by atoms with van der Waals surface area (Å²) in [7, 11) is 0. The third kappa shape index (κ3) is 13.2. The number of nitrogens with zero attached hydrogens (tertiary/aromatic N) is 1.